The monoisotopic (exact) mass is 309 g/mol. The number of halogens is 2. The fraction of sp³-hybridized carbons (Fsp3) is 0.200. The summed E-state index contributed by atoms with van der Waals surface area (Å²) in [5.41, 5.74) is 2.04. The molecule has 0 saturated heterocycles. The molecule has 0 amide bonds. The van der Waals surface area contributed by atoms with Crippen molar-refractivity contribution >= 4 is 23.2 Å². The molecule has 2 aromatic carbocycles. The van der Waals surface area contributed by atoms with Gasteiger partial charge in [0.2, 0.25) is 6.79 Å². The SMILES string of the molecule is Clc1cccc(Cl)c1CNCc1ccc2c(c1)OCO2. The molecule has 3 nitrogen and oxygen atoms in total. The Kier molecular flexibility index (Phi) is 4.01. The van der Waals surface area contributed by atoms with Crippen molar-refractivity contribution in [2.75, 3.05) is 6.79 Å². The molecule has 1 aliphatic rings. The first-order valence-corrected chi connectivity index (χ1v) is 7.02. The third kappa shape index (κ3) is 2.85. The van der Waals surface area contributed by atoms with Gasteiger partial charge in [-0.05, 0) is 29.8 Å². The van der Waals surface area contributed by atoms with Crippen LogP contribution in [-0.2, 0) is 13.1 Å². The lowest BCUT2D eigenvalue weighted by molar-refractivity contribution is 0.174. The van der Waals surface area contributed by atoms with Crippen molar-refractivity contribution in [3.05, 3.63) is 57.6 Å². The quantitative estimate of drug-likeness (QED) is 0.925. The van der Waals surface area contributed by atoms with Gasteiger partial charge in [0.25, 0.3) is 0 Å². The summed E-state index contributed by atoms with van der Waals surface area (Å²) in [5.74, 6) is 1.59. The average Bonchev–Trinajstić information content (AvgIpc) is 2.89. The van der Waals surface area contributed by atoms with Crippen molar-refractivity contribution in [3.8, 4) is 11.5 Å². The Morgan fingerprint density at radius 2 is 1.70 bits per heavy atom. The number of ether oxygens (including phenoxy) is 2. The Hall–Kier alpha value is -1.42. The van der Waals surface area contributed by atoms with Crippen LogP contribution in [0.5, 0.6) is 11.5 Å². The average molecular weight is 310 g/mol. The van der Waals surface area contributed by atoms with E-state index in [4.69, 9.17) is 32.7 Å². The first-order chi connectivity index (χ1) is 9.74. The van der Waals surface area contributed by atoms with Crippen LogP contribution in [-0.4, -0.2) is 6.79 Å². The highest BCUT2D eigenvalue weighted by atomic mass is 35.5. The van der Waals surface area contributed by atoms with Crippen LogP contribution >= 0.6 is 23.2 Å². The molecule has 0 aliphatic carbocycles. The van der Waals surface area contributed by atoms with Gasteiger partial charge < -0.3 is 14.8 Å². The summed E-state index contributed by atoms with van der Waals surface area (Å²) in [4.78, 5) is 0. The normalized spacial score (nSPS) is 12.7. The fourth-order valence-corrected chi connectivity index (χ4v) is 2.62. The first kappa shape index (κ1) is 13.6. The summed E-state index contributed by atoms with van der Waals surface area (Å²) in [7, 11) is 0. The summed E-state index contributed by atoms with van der Waals surface area (Å²) in [6, 6.07) is 11.4. The van der Waals surface area contributed by atoms with Crippen LogP contribution < -0.4 is 14.8 Å². The van der Waals surface area contributed by atoms with Crippen LogP contribution in [0.3, 0.4) is 0 Å². The van der Waals surface area contributed by atoms with Crippen LogP contribution in [0.4, 0.5) is 0 Å². The summed E-state index contributed by atoms with van der Waals surface area (Å²) >= 11 is 12.3. The molecule has 20 heavy (non-hydrogen) atoms. The van der Waals surface area contributed by atoms with E-state index in [2.05, 4.69) is 5.32 Å². The molecule has 3 rings (SSSR count). The topological polar surface area (TPSA) is 30.5 Å². The summed E-state index contributed by atoms with van der Waals surface area (Å²) in [6.07, 6.45) is 0. The molecule has 0 saturated carbocycles. The molecule has 0 bridgehead atoms. The van der Waals surface area contributed by atoms with E-state index < -0.39 is 0 Å². The number of fused-ring (bicyclic) bond motifs is 1. The number of rotatable bonds is 4. The maximum absolute atomic E-state index is 6.13. The summed E-state index contributed by atoms with van der Waals surface area (Å²) in [6.45, 7) is 1.62. The van der Waals surface area contributed by atoms with Gasteiger partial charge in [-0.15, -0.1) is 0 Å². The Morgan fingerprint density at radius 3 is 2.50 bits per heavy atom. The second kappa shape index (κ2) is 5.92. The second-order valence-corrected chi connectivity index (χ2v) is 5.31. The van der Waals surface area contributed by atoms with Gasteiger partial charge in [0.05, 0.1) is 0 Å². The highest BCUT2D eigenvalue weighted by Gasteiger charge is 2.13. The van der Waals surface area contributed by atoms with Gasteiger partial charge in [0.1, 0.15) is 0 Å². The molecule has 5 heteroatoms. The summed E-state index contributed by atoms with van der Waals surface area (Å²) in [5, 5.41) is 4.68. The standard InChI is InChI=1S/C15H13Cl2NO2/c16-12-2-1-3-13(17)11(12)8-18-7-10-4-5-14-15(6-10)20-9-19-14/h1-6,18H,7-9H2. The fourth-order valence-electron chi connectivity index (χ4n) is 2.08. The van der Waals surface area contributed by atoms with Gasteiger partial charge in [-0.3, -0.25) is 0 Å². The molecule has 0 aromatic heterocycles. The van der Waals surface area contributed by atoms with Crippen molar-refractivity contribution in [2.24, 2.45) is 0 Å². The molecular formula is C15H13Cl2NO2. The Balaban J connectivity index is 1.63. The molecule has 0 atom stereocenters. The first-order valence-electron chi connectivity index (χ1n) is 6.26. The van der Waals surface area contributed by atoms with Gasteiger partial charge >= 0.3 is 0 Å². The molecule has 1 N–H and O–H groups in total. The van der Waals surface area contributed by atoms with E-state index in [1.807, 2.05) is 36.4 Å². The van der Waals surface area contributed by atoms with Crippen molar-refractivity contribution in [2.45, 2.75) is 13.1 Å². The van der Waals surface area contributed by atoms with Gasteiger partial charge in [0.15, 0.2) is 11.5 Å². The largest absolute Gasteiger partial charge is 0.454 e. The van der Waals surface area contributed by atoms with E-state index in [1.54, 1.807) is 0 Å². The molecular weight excluding hydrogens is 297 g/mol. The maximum Gasteiger partial charge on any atom is 0.231 e. The van der Waals surface area contributed by atoms with Crippen LogP contribution in [0.25, 0.3) is 0 Å². The van der Waals surface area contributed by atoms with Gasteiger partial charge in [-0.2, -0.15) is 0 Å². The zero-order valence-corrected chi connectivity index (χ0v) is 12.2. The lowest BCUT2D eigenvalue weighted by Gasteiger charge is -2.09. The van der Waals surface area contributed by atoms with E-state index >= 15 is 0 Å². The molecule has 1 heterocycles. The maximum atomic E-state index is 6.13. The summed E-state index contributed by atoms with van der Waals surface area (Å²) < 4.78 is 10.6. The Morgan fingerprint density at radius 1 is 0.950 bits per heavy atom. The predicted molar refractivity (Wildman–Crippen MR) is 79.6 cm³/mol. The molecule has 104 valence electrons. The lowest BCUT2D eigenvalue weighted by atomic mass is 10.2. The van der Waals surface area contributed by atoms with E-state index in [0.717, 1.165) is 22.6 Å². The van der Waals surface area contributed by atoms with E-state index in [1.165, 1.54) is 0 Å². The second-order valence-electron chi connectivity index (χ2n) is 4.49. The number of hydrogen-bond acceptors (Lipinski definition) is 3. The van der Waals surface area contributed by atoms with E-state index in [0.29, 0.717) is 29.9 Å². The van der Waals surface area contributed by atoms with Crippen molar-refractivity contribution in [1.29, 1.82) is 0 Å². The van der Waals surface area contributed by atoms with Crippen LogP contribution in [0.1, 0.15) is 11.1 Å². The van der Waals surface area contributed by atoms with Gasteiger partial charge in [-0.25, -0.2) is 0 Å². The molecule has 0 spiro atoms. The van der Waals surface area contributed by atoms with Crippen molar-refractivity contribution in [1.82, 2.24) is 5.32 Å². The van der Waals surface area contributed by atoms with Gasteiger partial charge in [-0.1, -0.05) is 35.3 Å². The number of benzene rings is 2. The van der Waals surface area contributed by atoms with Crippen LogP contribution in [0.2, 0.25) is 10.0 Å². The zero-order chi connectivity index (χ0) is 13.9. The molecule has 0 fully saturated rings. The lowest BCUT2D eigenvalue weighted by Crippen LogP contribution is -2.13. The predicted octanol–water partition coefficient (Wildman–Crippen LogP) is 4.01. The van der Waals surface area contributed by atoms with E-state index in [-0.39, 0.29) is 0 Å². The van der Waals surface area contributed by atoms with Crippen molar-refractivity contribution < 1.29 is 9.47 Å². The molecule has 0 radical (unpaired) electrons. The Labute approximate surface area is 127 Å². The molecule has 0 unspecified atom stereocenters. The number of hydrogen-bond donors (Lipinski definition) is 1. The number of nitrogens with one attached hydrogen (secondary N) is 1. The van der Waals surface area contributed by atoms with Gasteiger partial charge in [0, 0.05) is 28.7 Å². The molecule has 2 aromatic rings. The Bertz CT molecular complexity index is 611. The smallest absolute Gasteiger partial charge is 0.231 e. The minimum atomic E-state index is 0.293. The zero-order valence-electron chi connectivity index (χ0n) is 10.7. The molecule has 1 aliphatic heterocycles. The van der Waals surface area contributed by atoms with Crippen molar-refractivity contribution in [3.63, 3.8) is 0 Å². The highest BCUT2D eigenvalue weighted by molar-refractivity contribution is 6.35. The minimum Gasteiger partial charge on any atom is -0.454 e. The highest BCUT2D eigenvalue weighted by Crippen LogP contribution is 2.32. The minimum absolute atomic E-state index is 0.293. The van der Waals surface area contributed by atoms with Crippen LogP contribution in [0, 0.1) is 0 Å². The van der Waals surface area contributed by atoms with Crippen LogP contribution in [0.15, 0.2) is 36.4 Å². The third-order valence-corrected chi connectivity index (χ3v) is 3.84. The third-order valence-electron chi connectivity index (χ3n) is 3.13. The van der Waals surface area contributed by atoms with E-state index in [9.17, 15) is 0 Å².